The van der Waals surface area contributed by atoms with Crippen molar-refractivity contribution in [3.8, 4) is 10.8 Å². The zero-order valence-electron chi connectivity index (χ0n) is 12.5. The Morgan fingerprint density at radius 1 is 1.12 bits per heavy atom. The summed E-state index contributed by atoms with van der Waals surface area (Å²) in [6.45, 7) is 0.266. The maximum Gasteiger partial charge on any atom is 0.271 e. The molecule has 1 N–H and O–H groups in total. The summed E-state index contributed by atoms with van der Waals surface area (Å²) in [5, 5.41) is 4.74. The summed E-state index contributed by atoms with van der Waals surface area (Å²) >= 11 is 1.55. The summed E-state index contributed by atoms with van der Waals surface area (Å²) in [7, 11) is 0. The van der Waals surface area contributed by atoms with Crippen LogP contribution >= 0.6 is 11.3 Å². The van der Waals surface area contributed by atoms with Gasteiger partial charge < -0.3 is 9.73 Å². The highest BCUT2D eigenvalue weighted by Crippen LogP contribution is 2.23. The normalized spacial score (nSPS) is 10.8. The predicted molar refractivity (Wildman–Crippen MR) is 90.5 cm³/mol. The van der Waals surface area contributed by atoms with Crippen molar-refractivity contribution in [2.75, 3.05) is 0 Å². The SMILES string of the molecule is O=C(NCc1coc(-c2cccs2)n1)c1cnc2ccccc2n1. The molecule has 24 heavy (non-hydrogen) atoms. The second-order valence-corrected chi connectivity index (χ2v) is 6.00. The topological polar surface area (TPSA) is 80.9 Å². The van der Waals surface area contributed by atoms with Crippen LogP contribution in [0.3, 0.4) is 0 Å². The van der Waals surface area contributed by atoms with Gasteiger partial charge in [0.05, 0.1) is 34.3 Å². The van der Waals surface area contributed by atoms with Crippen LogP contribution in [0.2, 0.25) is 0 Å². The number of aromatic nitrogens is 3. The van der Waals surface area contributed by atoms with Crippen molar-refractivity contribution in [2.45, 2.75) is 6.54 Å². The molecule has 0 atom stereocenters. The Labute approximate surface area is 141 Å². The van der Waals surface area contributed by atoms with Crippen LogP contribution in [0.25, 0.3) is 21.8 Å². The van der Waals surface area contributed by atoms with Gasteiger partial charge in [-0.1, -0.05) is 18.2 Å². The fourth-order valence-electron chi connectivity index (χ4n) is 2.23. The molecule has 0 saturated heterocycles. The molecule has 0 saturated carbocycles. The van der Waals surface area contributed by atoms with Gasteiger partial charge in [0.15, 0.2) is 0 Å². The summed E-state index contributed by atoms with van der Waals surface area (Å²) in [6, 6.07) is 11.3. The highest BCUT2D eigenvalue weighted by molar-refractivity contribution is 7.13. The van der Waals surface area contributed by atoms with Crippen molar-refractivity contribution in [2.24, 2.45) is 0 Å². The van der Waals surface area contributed by atoms with Crippen LogP contribution < -0.4 is 5.32 Å². The van der Waals surface area contributed by atoms with E-state index in [1.165, 1.54) is 6.20 Å². The van der Waals surface area contributed by atoms with Gasteiger partial charge >= 0.3 is 0 Å². The number of oxazole rings is 1. The van der Waals surface area contributed by atoms with Crippen LogP contribution in [0, 0.1) is 0 Å². The molecule has 4 rings (SSSR count). The second kappa shape index (κ2) is 6.21. The first kappa shape index (κ1) is 14.5. The quantitative estimate of drug-likeness (QED) is 0.618. The number of para-hydroxylation sites is 2. The molecule has 3 aromatic heterocycles. The van der Waals surface area contributed by atoms with Gasteiger partial charge in [-0.2, -0.15) is 0 Å². The molecule has 4 aromatic rings. The molecular formula is C17H12N4O2S. The Bertz CT molecular complexity index is 995. The fourth-order valence-corrected chi connectivity index (χ4v) is 2.89. The first-order chi connectivity index (χ1) is 11.8. The molecule has 3 heterocycles. The number of carbonyl (C=O) groups excluding carboxylic acids is 1. The lowest BCUT2D eigenvalue weighted by Crippen LogP contribution is -2.24. The van der Waals surface area contributed by atoms with E-state index in [0.717, 1.165) is 10.4 Å². The molecule has 1 amide bonds. The van der Waals surface area contributed by atoms with Crippen LogP contribution in [0.1, 0.15) is 16.2 Å². The molecule has 0 fully saturated rings. The standard InChI is InChI=1S/C17H12N4O2S/c22-16(14-9-18-12-4-1-2-5-13(12)21-14)19-8-11-10-23-17(20-11)15-6-3-7-24-15/h1-7,9-10H,8H2,(H,19,22). The average Bonchev–Trinajstić information content (AvgIpc) is 3.30. The van der Waals surface area contributed by atoms with Gasteiger partial charge in [0.25, 0.3) is 5.91 Å². The lowest BCUT2D eigenvalue weighted by atomic mass is 10.3. The van der Waals surface area contributed by atoms with E-state index in [0.29, 0.717) is 17.1 Å². The van der Waals surface area contributed by atoms with E-state index in [4.69, 9.17) is 4.42 Å². The number of benzene rings is 1. The average molecular weight is 336 g/mol. The minimum absolute atomic E-state index is 0.266. The minimum Gasteiger partial charge on any atom is -0.443 e. The molecule has 0 aliphatic heterocycles. The Hall–Kier alpha value is -3.06. The molecule has 6 nitrogen and oxygen atoms in total. The van der Waals surface area contributed by atoms with E-state index in [2.05, 4.69) is 20.3 Å². The number of thiophene rings is 1. The highest BCUT2D eigenvalue weighted by atomic mass is 32.1. The van der Waals surface area contributed by atoms with E-state index < -0.39 is 0 Å². The number of hydrogen-bond acceptors (Lipinski definition) is 6. The summed E-state index contributed by atoms with van der Waals surface area (Å²) in [5.41, 5.74) is 2.37. The van der Waals surface area contributed by atoms with Gasteiger partial charge in [-0.05, 0) is 23.6 Å². The lowest BCUT2D eigenvalue weighted by Gasteiger charge is -2.03. The Morgan fingerprint density at radius 2 is 2.00 bits per heavy atom. The number of hydrogen-bond donors (Lipinski definition) is 1. The number of nitrogens with zero attached hydrogens (tertiary/aromatic N) is 3. The molecule has 0 aliphatic carbocycles. The zero-order valence-corrected chi connectivity index (χ0v) is 13.3. The lowest BCUT2D eigenvalue weighted by molar-refractivity contribution is 0.0945. The Balaban J connectivity index is 1.46. The molecule has 0 unspecified atom stereocenters. The number of fused-ring (bicyclic) bond motifs is 1. The summed E-state index contributed by atoms with van der Waals surface area (Å²) < 4.78 is 5.42. The Morgan fingerprint density at radius 3 is 2.83 bits per heavy atom. The predicted octanol–water partition coefficient (Wildman–Crippen LogP) is 3.28. The molecular weight excluding hydrogens is 324 g/mol. The monoisotopic (exact) mass is 336 g/mol. The van der Waals surface area contributed by atoms with Gasteiger partial charge in [0.1, 0.15) is 12.0 Å². The smallest absolute Gasteiger partial charge is 0.271 e. The fraction of sp³-hybridized carbons (Fsp3) is 0.0588. The summed E-state index contributed by atoms with van der Waals surface area (Å²) in [5.74, 6) is 0.258. The largest absolute Gasteiger partial charge is 0.443 e. The zero-order chi connectivity index (χ0) is 16.4. The van der Waals surface area contributed by atoms with Crippen molar-refractivity contribution in [1.82, 2.24) is 20.3 Å². The third kappa shape index (κ3) is 2.89. The second-order valence-electron chi connectivity index (χ2n) is 5.05. The third-order valence-corrected chi connectivity index (χ3v) is 4.25. The molecule has 7 heteroatoms. The van der Waals surface area contributed by atoms with Gasteiger partial charge in [-0.25, -0.2) is 9.97 Å². The first-order valence-corrected chi connectivity index (χ1v) is 8.16. The Kier molecular flexibility index (Phi) is 3.76. The van der Waals surface area contributed by atoms with Crippen LogP contribution in [0.15, 0.2) is 58.7 Å². The minimum atomic E-state index is -0.297. The van der Waals surface area contributed by atoms with Crippen LogP contribution in [0.5, 0.6) is 0 Å². The number of amides is 1. The van der Waals surface area contributed by atoms with Gasteiger partial charge in [0, 0.05) is 0 Å². The molecule has 0 bridgehead atoms. The van der Waals surface area contributed by atoms with E-state index >= 15 is 0 Å². The van der Waals surface area contributed by atoms with Crippen molar-refractivity contribution < 1.29 is 9.21 Å². The van der Waals surface area contributed by atoms with Crippen molar-refractivity contribution in [1.29, 1.82) is 0 Å². The molecule has 0 spiro atoms. The number of rotatable bonds is 4. The van der Waals surface area contributed by atoms with Crippen molar-refractivity contribution in [3.05, 3.63) is 65.6 Å². The van der Waals surface area contributed by atoms with Gasteiger partial charge in [0.2, 0.25) is 5.89 Å². The van der Waals surface area contributed by atoms with Crippen LogP contribution in [-0.4, -0.2) is 20.9 Å². The van der Waals surface area contributed by atoms with E-state index in [-0.39, 0.29) is 18.1 Å². The maximum atomic E-state index is 12.2. The molecule has 0 radical (unpaired) electrons. The van der Waals surface area contributed by atoms with Crippen molar-refractivity contribution in [3.63, 3.8) is 0 Å². The number of nitrogens with one attached hydrogen (secondary N) is 1. The summed E-state index contributed by atoms with van der Waals surface area (Å²) in [6.07, 6.45) is 3.01. The van der Waals surface area contributed by atoms with E-state index in [9.17, 15) is 4.79 Å². The molecule has 118 valence electrons. The first-order valence-electron chi connectivity index (χ1n) is 7.28. The van der Waals surface area contributed by atoms with Gasteiger partial charge in [-0.15, -0.1) is 11.3 Å². The summed E-state index contributed by atoms with van der Waals surface area (Å²) in [4.78, 5) is 26.1. The third-order valence-electron chi connectivity index (χ3n) is 3.39. The van der Waals surface area contributed by atoms with Gasteiger partial charge in [-0.3, -0.25) is 9.78 Å². The molecule has 1 aromatic carbocycles. The maximum absolute atomic E-state index is 12.2. The van der Waals surface area contributed by atoms with Crippen LogP contribution in [0.4, 0.5) is 0 Å². The van der Waals surface area contributed by atoms with E-state index in [1.807, 2.05) is 41.8 Å². The van der Waals surface area contributed by atoms with E-state index in [1.54, 1.807) is 17.6 Å². The number of carbonyl (C=O) groups is 1. The van der Waals surface area contributed by atoms with Crippen LogP contribution in [-0.2, 0) is 6.54 Å². The molecule has 0 aliphatic rings. The highest BCUT2D eigenvalue weighted by Gasteiger charge is 2.11. The van der Waals surface area contributed by atoms with Crippen molar-refractivity contribution >= 4 is 28.3 Å².